The predicted octanol–water partition coefficient (Wildman–Crippen LogP) is 3.34. The van der Waals surface area contributed by atoms with Crippen LogP contribution in [0, 0.1) is 0 Å². The van der Waals surface area contributed by atoms with Crippen LogP contribution in [0.1, 0.15) is 19.4 Å². The van der Waals surface area contributed by atoms with E-state index in [1.165, 1.54) is 17.7 Å². The molecule has 0 saturated heterocycles. The van der Waals surface area contributed by atoms with E-state index in [4.69, 9.17) is 0 Å². The highest BCUT2D eigenvalue weighted by Crippen LogP contribution is 2.19. The van der Waals surface area contributed by atoms with Crippen molar-refractivity contribution in [1.29, 1.82) is 0 Å². The first kappa shape index (κ1) is 11.4. The fourth-order valence-corrected chi connectivity index (χ4v) is 1.86. The van der Waals surface area contributed by atoms with E-state index in [0.717, 1.165) is 11.3 Å². The lowest BCUT2D eigenvalue weighted by Crippen LogP contribution is -2.17. The minimum Gasteiger partial charge on any atom is -0.326 e. The van der Waals surface area contributed by atoms with E-state index in [1.54, 1.807) is 0 Å². The molecule has 0 saturated carbocycles. The molecule has 0 aliphatic rings. The number of carbonyl (C=O) groups is 1. The summed E-state index contributed by atoms with van der Waals surface area (Å²) in [7, 11) is 0. The first-order valence-corrected chi connectivity index (χ1v) is 5.64. The summed E-state index contributed by atoms with van der Waals surface area (Å²) >= 11 is 0. The molecule has 0 fully saturated rings. The van der Waals surface area contributed by atoms with E-state index in [9.17, 15) is 4.79 Å². The molecule has 2 heteroatoms. The van der Waals surface area contributed by atoms with Gasteiger partial charge in [0.05, 0.1) is 0 Å². The van der Waals surface area contributed by atoms with Gasteiger partial charge in [0.1, 0.15) is 0 Å². The first-order chi connectivity index (χ1) is 8.20. The molecule has 0 spiro atoms. The molecule has 1 amide bonds. The van der Waals surface area contributed by atoms with Crippen molar-refractivity contribution in [1.82, 2.24) is 5.32 Å². The van der Waals surface area contributed by atoms with Gasteiger partial charge in [-0.2, -0.15) is 0 Å². The summed E-state index contributed by atoms with van der Waals surface area (Å²) in [6, 6.07) is 14.4. The van der Waals surface area contributed by atoms with Crippen molar-refractivity contribution in [2.24, 2.45) is 0 Å². The van der Waals surface area contributed by atoms with Crippen LogP contribution in [0.15, 0.2) is 48.5 Å². The minimum absolute atomic E-state index is 0.0498. The molecule has 86 valence electrons. The molecule has 17 heavy (non-hydrogen) atoms. The van der Waals surface area contributed by atoms with Crippen LogP contribution in [0.4, 0.5) is 0 Å². The van der Waals surface area contributed by atoms with Crippen molar-refractivity contribution >= 4 is 22.4 Å². The molecule has 0 bridgehead atoms. The van der Waals surface area contributed by atoms with Gasteiger partial charge in [-0.3, -0.25) is 4.79 Å². The van der Waals surface area contributed by atoms with E-state index >= 15 is 0 Å². The Bertz CT molecular complexity index is 584. The van der Waals surface area contributed by atoms with Gasteiger partial charge >= 0.3 is 0 Å². The monoisotopic (exact) mass is 225 g/mol. The summed E-state index contributed by atoms with van der Waals surface area (Å²) in [6.45, 7) is 3.44. The van der Waals surface area contributed by atoms with Crippen LogP contribution in [-0.2, 0) is 4.79 Å². The lowest BCUT2D eigenvalue weighted by atomic mass is 10.0. The molecule has 0 radical (unpaired) electrons. The Morgan fingerprint density at radius 1 is 1.12 bits per heavy atom. The maximum atomic E-state index is 11.1. The molecule has 2 nitrogen and oxygen atoms in total. The zero-order valence-corrected chi connectivity index (χ0v) is 10.0. The van der Waals surface area contributed by atoms with E-state index < -0.39 is 0 Å². The zero-order valence-electron chi connectivity index (χ0n) is 10.0. The summed E-state index contributed by atoms with van der Waals surface area (Å²) in [5.41, 5.74) is 1.88. The van der Waals surface area contributed by atoms with Crippen molar-refractivity contribution < 1.29 is 4.79 Å². The molecule has 0 aliphatic carbocycles. The molecule has 0 atom stereocenters. The van der Waals surface area contributed by atoms with E-state index in [-0.39, 0.29) is 5.91 Å². The van der Waals surface area contributed by atoms with Crippen molar-refractivity contribution in [3.63, 3.8) is 0 Å². The second-order valence-electron chi connectivity index (χ2n) is 3.95. The van der Waals surface area contributed by atoms with Crippen LogP contribution in [0.3, 0.4) is 0 Å². The Kier molecular flexibility index (Phi) is 3.24. The molecule has 0 aromatic heterocycles. The molecule has 2 aromatic rings. The standard InChI is InChI=1S/C15H15NO/c1-3-15(16-11(2)17)14-9-8-12-6-4-5-7-13(12)10-14/h3-10H,1-2H3,(H,16,17)/b15-3-. The SMILES string of the molecule is C/C=C(\NC(C)=O)c1ccc2ccccc2c1. The van der Waals surface area contributed by atoms with Gasteiger partial charge in [-0.25, -0.2) is 0 Å². The molecule has 0 heterocycles. The minimum atomic E-state index is -0.0498. The number of hydrogen-bond donors (Lipinski definition) is 1. The third-order valence-electron chi connectivity index (χ3n) is 2.66. The molecule has 2 rings (SSSR count). The van der Waals surface area contributed by atoms with Crippen LogP contribution in [0.5, 0.6) is 0 Å². The third-order valence-corrected chi connectivity index (χ3v) is 2.66. The van der Waals surface area contributed by atoms with E-state index in [1.807, 2.05) is 31.2 Å². The van der Waals surface area contributed by atoms with Gasteiger partial charge in [-0.05, 0) is 29.3 Å². The van der Waals surface area contributed by atoms with Crippen LogP contribution in [0.2, 0.25) is 0 Å². The molecule has 0 aliphatic heterocycles. The Morgan fingerprint density at radius 2 is 1.82 bits per heavy atom. The topological polar surface area (TPSA) is 29.1 Å². The van der Waals surface area contributed by atoms with Crippen molar-refractivity contribution in [2.45, 2.75) is 13.8 Å². The maximum absolute atomic E-state index is 11.1. The fraction of sp³-hybridized carbons (Fsp3) is 0.133. The van der Waals surface area contributed by atoms with Crippen LogP contribution >= 0.6 is 0 Å². The number of carbonyl (C=O) groups excluding carboxylic acids is 1. The first-order valence-electron chi connectivity index (χ1n) is 5.64. The summed E-state index contributed by atoms with van der Waals surface area (Å²) in [4.78, 5) is 11.1. The number of hydrogen-bond acceptors (Lipinski definition) is 1. The summed E-state index contributed by atoms with van der Waals surface area (Å²) < 4.78 is 0. The second kappa shape index (κ2) is 4.83. The van der Waals surface area contributed by atoms with Crippen molar-refractivity contribution in [3.05, 3.63) is 54.1 Å². The van der Waals surface area contributed by atoms with E-state index in [0.29, 0.717) is 0 Å². The fourth-order valence-electron chi connectivity index (χ4n) is 1.86. The Hall–Kier alpha value is -2.09. The highest BCUT2D eigenvalue weighted by molar-refractivity contribution is 5.89. The average Bonchev–Trinajstić information content (AvgIpc) is 2.35. The summed E-state index contributed by atoms with van der Waals surface area (Å²) in [5.74, 6) is -0.0498. The maximum Gasteiger partial charge on any atom is 0.221 e. The number of allylic oxidation sites excluding steroid dienone is 1. The number of rotatable bonds is 2. The Morgan fingerprint density at radius 3 is 2.47 bits per heavy atom. The van der Waals surface area contributed by atoms with Crippen LogP contribution in [-0.4, -0.2) is 5.91 Å². The van der Waals surface area contributed by atoms with E-state index in [2.05, 4.69) is 29.6 Å². The van der Waals surface area contributed by atoms with Gasteiger partial charge in [0.15, 0.2) is 0 Å². The predicted molar refractivity (Wildman–Crippen MR) is 71.4 cm³/mol. The largest absolute Gasteiger partial charge is 0.326 e. The molecular weight excluding hydrogens is 210 g/mol. The summed E-state index contributed by atoms with van der Waals surface area (Å²) in [5, 5.41) is 5.21. The third kappa shape index (κ3) is 2.53. The van der Waals surface area contributed by atoms with Crippen molar-refractivity contribution in [3.8, 4) is 0 Å². The molecular formula is C15H15NO. The van der Waals surface area contributed by atoms with Gasteiger partial charge < -0.3 is 5.32 Å². The second-order valence-corrected chi connectivity index (χ2v) is 3.95. The quantitative estimate of drug-likeness (QED) is 0.834. The van der Waals surface area contributed by atoms with Gasteiger partial charge in [-0.1, -0.05) is 42.5 Å². The highest BCUT2D eigenvalue weighted by Gasteiger charge is 2.03. The van der Waals surface area contributed by atoms with Crippen molar-refractivity contribution in [2.75, 3.05) is 0 Å². The normalized spacial score (nSPS) is 11.5. The van der Waals surface area contributed by atoms with Gasteiger partial charge in [0, 0.05) is 12.6 Å². The molecule has 2 aromatic carbocycles. The van der Waals surface area contributed by atoms with Crippen LogP contribution < -0.4 is 5.32 Å². The lowest BCUT2D eigenvalue weighted by Gasteiger charge is -2.09. The van der Waals surface area contributed by atoms with Crippen LogP contribution in [0.25, 0.3) is 16.5 Å². The van der Waals surface area contributed by atoms with Gasteiger partial charge in [-0.15, -0.1) is 0 Å². The number of benzene rings is 2. The number of amides is 1. The average molecular weight is 225 g/mol. The smallest absolute Gasteiger partial charge is 0.221 e. The van der Waals surface area contributed by atoms with Gasteiger partial charge in [0.2, 0.25) is 5.91 Å². The lowest BCUT2D eigenvalue weighted by molar-refractivity contribution is -0.117. The number of nitrogens with one attached hydrogen (secondary N) is 1. The summed E-state index contributed by atoms with van der Waals surface area (Å²) in [6.07, 6.45) is 1.91. The Labute approximate surface area is 101 Å². The molecule has 0 unspecified atom stereocenters. The number of fused-ring (bicyclic) bond motifs is 1. The Balaban J connectivity index is 2.45. The van der Waals surface area contributed by atoms with Gasteiger partial charge in [0.25, 0.3) is 0 Å². The molecule has 1 N–H and O–H groups in total. The zero-order chi connectivity index (χ0) is 12.3. The highest BCUT2D eigenvalue weighted by atomic mass is 16.1.